The summed E-state index contributed by atoms with van der Waals surface area (Å²) in [7, 11) is 0. The van der Waals surface area contributed by atoms with Gasteiger partial charge in [-0.05, 0) is 23.9 Å². The molecule has 2 heterocycles. The van der Waals surface area contributed by atoms with Gasteiger partial charge in [-0.2, -0.15) is 0 Å². The lowest BCUT2D eigenvalue weighted by molar-refractivity contribution is -0.119. The highest BCUT2D eigenvalue weighted by Gasteiger charge is 2.18. The van der Waals surface area contributed by atoms with E-state index in [0.29, 0.717) is 9.47 Å². The quantitative estimate of drug-likeness (QED) is 0.644. The number of benzene rings is 1. The number of hydrogen-bond acceptors (Lipinski definition) is 7. The number of nitrogens with two attached hydrogens (primary N) is 1. The van der Waals surface area contributed by atoms with Crippen molar-refractivity contribution in [3.8, 4) is 0 Å². The number of carbonyl (C=O) groups excluding carboxylic acids is 1. The molecule has 1 unspecified atom stereocenters. The van der Waals surface area contributed by atoms with Crippen LogP contribution < -0.4 is 11.1 Å². The van der Waals surface area contributed by atoms with Crippen LogP contribution in [0.15, 0.2) is 46.1 Å². The number of anilines is 1. The first-order valence-electron chi connectivity index (χ1n) is 7.23. The van der Waals surface area contributed by atoms with E-state index in [1.807, 2.05) is 24.4 Å². The Balaban J connectivity index is 1.69. The summed E-state index contributed by atoms with van der Waals surface area (Å²) < 4.78 is 0.700. The topological polar surface area (TPSA) is 80.9 Å². The Bertz CT molecular complexity index is 799. The van der Waals surface area contributed by atoms with Gasteiger partial charge in [0, 0.05) is 4.88 Å². The molecule has 0 aliphatic heterocycles. The second kappa shape index (κ2) is 7.78. The molecule has 0 fully saturated rings. The fraction of sp³-hybridized carbons (Fsp3) is 0.188. The molecule has 0 saturated heterocycles. The Morgan fingerprint density at radius 1 is 1.29 bits per heavy atom. The van der Waals surface area contributed by atoms with Crippen LogP contribution in [0.25, 0.3) is 0 Å². The van der Waals surface area contributed by atoms with E-state index in [2.05, 4.69) is 39.8 Å². The van der Waals surface area contributed by atoms with E-state index in [1.165, 1.54) is 28.7 Å². The minimum atomic E-state index is -0.141. The predicted octanol–water partition coefficient (Wildman–Crippen LogP) is 3.49. The summed E-state index contributed by atoms with van der Waals surface area (Å²) in [6.45, 7) is 2.05. The average molecular weight is 377 g/mol. The molecule has 8 heteroatoms. The number of rotatable bonds is 6. The first-order chi connectivity index (χ1) is 11.6. The summed E-state index contributed by atoms with van der Waals surface area (Å²) in [6, 6.07) is 12.1. The highest BCUT2D eigenvalue weighted by Crippen LogP contribution is 2.27. The molecule has 0 aliphatic carbocycles. The van der Waals surface area contributed by atoms with Gasteiger partial charge in [-0.15, -0.1) is 21.5 Å². The molecule has 3 aromatic rings. The number of thiophene rings is 1. The van der Waals surface area contributed by atoms with E-state index in [0.717, 1.165) is 10.4 Å². The Morgan fingerprint density at radius 2 is 2.08 bits per heavy atom. The SMILES string of the molecule is Cc1ccc(C(NC(=O)CSc2nnc(N)s2)c2cccs2)cc1. The zero-order valence-corrected chi connectivity index (χ0v) is 15.4. The number of carbonyl (C=O) groups is 1. The van der Waals surface area contributed by atoms with Crippen LogP contribution in [-0.4, -0.2) is 21.9 Å². The first kappa shape index (κ1) is 16.9. The molecular weight excluding hydrogens is 360 g/mol. The number of nitrogens with zero attached hydrogens (tertiary/aromatic N) is 2. The maximum atomic E-state index is 12.4. The van der Waals surface area contributed by atoms with E-state index in [4.69, 9.17) is 5.73 Å². The molecule has 0 saturated carbocycles. The lowest BCUT2D eigenvalue weighted by Crippen LogP contribution is -2.30. The van der Waals surface area contributed by atoms with E-state index >= 15 is 0 Å². The molecule has 1 aromatic carbocycles. The Hall–Kier alpha value is -1.90. The van der Waals surface area contributed by atoms with Crippen molar-refractivity contribution < 1.29 is 4.79 Å². The molecule has 2 aromatic heterocycles. The molecule has 0 spiro atoms. The maximum absolute atomic E-state index is 12.4. The average Bonchev–Trinajstić information content (AvgIpc) is 3.23. The molecule has 1 atom stereocenters. The van der Waals surface area contributed by atoms with Crippen molar-refractivity contribution in [2.45, 2.75) is 17.3 Å². The van der Waals surface area contributed by atoms with Crippen molar-refractivity contribution in [1.29, 1.82) is 0 Å². The number of aromatic nitrogens is 2. The van der Waals surface area contributed by atoms with Crippen LogP contribution in [0.1, 0.15) is 22.0 Å². The zero-order valence-electron chi connectivity index (χ0n) is 12.9. The van der Waals surface area contributed by atoms with Crippen LogP contribution in [0.5, 0.6) is 0 Å². The standard InChI is InChI=1S/C16H16N4OS3/c1-10-4-6-11(7-5-10)14(12-3-2-8-22-12)18-13(21)9-23-16-20-19-15(17)24-16/h2-8,14H,9H2,1H3,(H2,17,19)(H,18,21). The maximum Gasteiger partial charge on any atom is 0.231 e. The first-order valence-corrected chi connectivity index (χ1v) is 9.91. The number of nitrogen functional groups attached to an aromatic ring is 1. The molecule has 124 valence electrons. The smallest absolute Gasteiger partial charge is 0.231 e. The normalized spacial score (nSPS) is 12.0. The van der Waals surface area contributed by atoms with Gasteiger partial charge >= 0.3 is 0 Å². The molecule has 24 heavy (non-hydrogen) atoms. The summed E-state index contributed by atoms with van der Waals surface area (Å²) in [6.07, 6.45) is 0. The van der Waals surface area contributed by atoms with Crippen LogP contribution in [0.4, 0.5) is 5.13 Å². The van der Waals surface area contributed by atoms with Crippen molar-refractivity contribution in [3.63, 3.8) is 0 Å². The Kier molecular flexibility index (Phi) is 5.49. The molecule has 0 radical (unpaired) electrons. The Labute approximate surface area is 152 Å². The molecule has 3 N–H and O–H groups in total. The molecular formula is C16H16N4OS3. The van der Waals surface area contributed by atoms with Gasteiger partial charge in [0.1, 0.15) is 0 Å². The number of amides is 1. The number of thioether (sulfide) groups is 1. The monoisotopic (exact) mass is 376 g/mol. The van der Waals surface area contributed by atoms with Crippen molar-refractivity contribution in [2.24, 2.45) is 0 Å². The van der Waals surface area contributed by atoms with Gasteiger partial charge in [-0.1, -0.05) is 59.0 Å². The number of aryl methyl sites for hydroxylation is 1. The van der Waals surface area contributed by atoms with Crippen molar-refractivity contribution in [3.05, 3.63) is 57.8 Å². The van der Waals surface area contributed by atoms with Gasteiger partial charge in [0.25, 0.3) is 0 Å². The summed E-state index contributed by atoms with van der Waals surface area (Å²) in [4.78, 5) is 13.5. The minimum Gasteiger partial charge on any atom is -0.374 e. The fourth-order valence-corrected chi connectivity index (χ4v) is 4.39. The third-order valence-electron chi connectivity index (χ3n) is 3.29. The molecule has 1 amide bonds. The lowest BCUT2D eigenvalue weighted by atomic mass is 10.0. The van der Waals surface area contributed by atoms with Crippen molar-refractivity contribution >= 4 is 45.5 Å². The fourth-order valence-electron chi connectivity index (χ4n) is 2.14. The van der Waals surface area contributed by atoms with Crippen LogP contribution in [0, 0.1) is 6.92 Å². The van der Waals surface area contributed by atoms with E-state index < -0.39 is 0 Å². The molecule has 0 bridgehead atoms. The summed E-state index contributed by atoms with van der Waals surface area (Å²) in [5, 5.41) is 13.2. The van der Waals surface area contributed by atoms with Gasteiger partial charge in [0.15, 0.2) is 4.34 Å². The van der Waals surface area contributed by atoms with Crippen LogP contribution >= 0.6 is 34.4 Å². The zero-order chi connectivity index (χ0) is 16.9. The summed E-state index contributed by atoms with van der Waals surface area (Å²) >= 11 is 4.26. The second-order valence-corrected chi connectivity index (χ2v) is 8.33. The van der Waals surface area contributed by atoms with Gasteiger partial charge in [0.2, 0.25) is 11.0 Å². The van der Waals surface area contributed by atoms with Crippen molar-refractivity contribution in [2.75, 3.05) is 11.5 Å². The lowest BCUT2D eigenvalue weighted by Gasteiger charge is -2.18. The molecule has 0 aliphatic rings. The van der Waals surface area contributed by atoms with E-state index in [9.17, 15) is 4.79 Å². The predicted molar refractivity (Wildman–Crippen MR) is 101 cm³/mol. The number of hydrogen-bond donors (Lipinski definition) is 2. The third kappa shape index (κ3) is 4.34. The van der Waals surface area contributed by atoms with E-state index in [-0.39, 0.29) is 17.7 Å². The third-order valence-corrected chi connectivity index (χ3v) is 6.12. The van der Waals surface area contributed by atoms with Crippen LogP contribution in [0.3, 0.4) is 0 Å². The second-order valence-electron chi connectivity index (χ2n) is 5.12. The van der Waals surface area contributed by atoms with Crippen molar-refractivity contribution in [1.82, 2.24) is 15.5 Å². The van der Waals surface area contributed by atoms with Gasteiger partial charge in [-0.25, -0.2) is 0 Å². The van der Waals surface area contributed by atoms with E-state index in [1.54, 1.807) is 11.3 Å². The number of nitrogens with one attached hydrogen (secondary N) is 1. The van der Waals surface area contributed by atoms with Gasteiger partial charge in [-0.3, -0.25) is 4.79 Å². The van der Waals surface area contributed by atoms with Crippen LogP contribution in [-0.2, 0) is 4.79 Å². The molecule has 5 nitrogen and oxygen atoms in total. The Morgan fingerprint density at radius 3 is 2.71 bits per heavy atom. The summed E-state index contributed by atoms with van der Waals surface area (Å²) in [5.41, 5.74) is 7.82. The molecule has 3 rings (SSSR count). The minimum absolute atomic E-state index is 0.0484. The summed E-state index contributed by atoms with van der Waals surface area (Å²) in [5.74, 6) is 0.232. The van der Waals surface area contributed by atoms with Crippen LogP contribution in [0.2, 0.25) is 0 Å². The highest BCUT2D eigenvalue weighted by molar-refractivity contribution is 8.01. The highest BCUT2D eigenvalue weighted by atomic mass is 32.2. The van der Waals surface area contributed by atoms with Gasteiger partial charge in [0.05, 0.1) is 11.8 Å². The largest absolute Gasteiger partial charge is 0.374 e. The van der Waals surface area contributed by atoms with Gasteiger partial charge < -0.3 is 11.1 Å².